The lowest BCUT2D eigenvalue weighted by atomic mass is 10.1. The van der Waals surface area contributed by atoms with Gasteiger partial charge in [-0.05, 0) is 48.2 Å². The quantitative estimate of drug-likeness (QED) is 0.733. The Balaban J connectivity index is 1.34. The normalized spacial score (nSPS) is 19.0. The largest absolute Gasteiger partial charge is 0.370 e. The number of likely N-dealkylation sites (tertiary alicyclic amines) is 1. The molecule has 2 heterocycles. The van der Waals surface area contributed by atoms with Crippen LogP contribution in [-0.2, 0) is 11.3 Å². The number of rotatable bonds is 4. The highest BCUT2D eigenvalue weighted by molar-refractivity contribution is 9.10. The van der Waals surface area contributed by atoms with Crippen LogP contribution in [-0.4, -0.2) is 54.5 Å². The molecule has 2 fully saturated rings. The molecule has 0 aliphatic carbocycles. The van der Waals surface area contributed by atoms with Gasteiger partial charge in [0.25, 0.3) is 5.91 Å². The molecule has 0 spiro atoms. The molecular weight excluding hydrogens is 446 g/mol. The second-order valence-electron chi connectivity index (χ2n) is 7.72. The summed E-state index contributed by atoms with van der Waals surface area (Å²) in [6.45, 7) is 3.62. The molecule has 0 bridgehead atoms. The number of hydrogen-bond donors (Lipinski definition) is 1. The molecule has 6 nitrogen and oxygen atoms in total. The Bertz CT molecular complexity index is 914. The Morgan fingerprint density at radius 3 is 2.63 bits per heavy atom. The van der Waals surface area contributed by atoms with E-state index in [9.17, 15) is 9.59 Å². The summed E-state index contributed by atoms with van der Waals surface area (Å²) in [7, 11) is 0. The number of nitrogens with one attached hydrogen (secondary N) is 1. The highest BCUT2D eigenvalue weighted by Gasteiger charge is 2.25. The number of carbonyl (C=O) groups is 2. The van der Waals surface area contributed by atoms with Crippen molar-refractivity contribution < 1.29 is 14.3 Å². The van der Waals surface area contributed by atoms with Crippen LogP contribution >= 0.6 is 15.9 Å². The second kappa shape index (κ2) is 9.62. The van der Waals surface area contributed by atoms with Gasteiger partial charge in [-0.15, -0.1) is 0 Å². The summed E-state index contributed by atoms with van der Waals surface area (Å²) in [4.78, 5) is 29.0. The Kier molecular flexibility index (Phi) is 6.69. The third-order valence-electron chi connectivity index (χ3n) is 5.59. The molecule has 2 aliphatic heterocycles. The van der Waals surface area contributed by atoms with E-state index < -0.39 is 0 Å². The molecule has 30 heavy (non-hydrogen) atoms. The van der Waals surface area contributed by atoms with Gasteiger partial charge in [0.15, 0.2) is 0 Å². The molecule has 0 saturated carbocycles. The van der Waals surface area contributed by atoms with Crippen molar-refractivity contribution in [3.8, 4) is 0 Å². The first kappa shape index (κ1) is 20.9. The van der Waals surface area contributed by atoms with Crippen LogP contribution in [0, 0.1) is 0 Å². The van der Waals surface area contributed by atoms with Gasteiger partial charge in [-0.2, -0.15) is 0 Å². The molecule has 4 rings (SSSR count). The lowest BCUT2D eigenvalue weighted by molar-refractivity contribution is -0.0155. The van der Waals surface area contributed by atoms with E-state index in [1.54, 1.807) is 4.90 Å². The van der Waals surface area contributed by atoms with E-state index in [0.717, 1.165) is 41.5 Å². The Morgan fingerprint density at radius 1 is 1.03 bits per heavy atom. The first-order valence-corrected chi connectivity index (χ1v) is 11.2. The SMILES string of the molecule is O=C(NCc1cccc(C(=O)N2CCCC2)c1)N1CCOC(c2cccc(Br)c2)C1. The van der Waals surface area contributed by atoms with Crippen molar-refractivity contribution in [1.82, 2.24) is 15.1 Å². The van der Waals surface area contributed by atoms with Crippen molar-refractivity contribution in [2.45, 2.75) is 25.5 Å². The maximum absolute atomic E-state index is 12.7. The minimum atomic E-state index is -0.136. The fourth-order valence-electron chi connectivity index (χ4n) is 3.95. The molecule has 2 aromatic carbocycles. The van der Waals surface area contributed by atoms with Gasteiger partial charge >= 0.3 is 6.03 Å². The average molecular weight is 472 g/mol. The van der Waals surface area contributed by atoms with Gasteiger partial charge in [-0.3, -0.25) is 4.79 Å². The van der Waals surface area contributed by atoms with E-state index in [2.05, 4.69) is 21.2 Å². The Labute approximate surface area is 185 Å². The minimum Gasteiger partial charge on any atom is -0.370 e. The van der Waals surface area contributed by atoms with Crippen LogP contribution in [0.15, 0.2) is 53.0 Å². The van der Waals surface area contributed by atoms with Crippen LogP contribution in [0.5, 0.6) is 0 Å². The molecule has 2 aromatic rings. The smallest absolute Gasteiger partial charge is 0.317 e. The fraction of sp³-hybridized carbons (Fsp3) is 0.391. The molecule has 2 aliphatic rings. The minimum absolute atomic E-state index is 0.0747. The van der Waals surface area contributed by atoms with E-state index in [-0.39, 0.29) is 18.0 Å². The molecule has 1 atom stereocenters. The maximum Gasteiger partial charge on any atom is 0.317 e. The zero-order chi connectivity index (χ0) is 20.9. The van der Waals surface area contributed by atoms with Crippen molar-refractivity contribution >= 4 is 27.9 Å². The Morgan fingerprint density at radius 2 is 1.83 bits per heavy atom. The summed E-state index contributed by atoms with van der Waals surface area (Å²) >= 11 is 3.49. The van der Waals surface area contributed by atoms with Gasteiger partial charge in [0.05, 0.1) is 13.2 Å². The number of carbonyl (C=O) groups excluding carboxylic acids is 2. The van der Waals surface area contributed by atoms with Crippen LogP contribution in [0.3, 0.4) is 0 Å². The number of morpholine rings is 1. The molecule has 0 radical (unpaired) electrons. The zero-order valence-corrected chi connectivity index (χ0v) is 18.4. The van der Waals surface area contributed by atoms with Gasteiger partial charge < -0.3 is 19.9 Å². The molecular formula is C23H26BrN3O3. The van der Waals surface area contributed by atoms with Crippen LogP contribution in [0.1, 0.15) is 40.4 Å². The van der Waals surface area contributed by atoms with Gasteiger partial charge in [0, 0.05) is 36.2 Å². The third-order valence-corrected chi connectivity index (χ3v) is 6.08. The van der Waals surface area contributed by atoms with Crippen LogP contribution < -0.4 is 5.32 Å². The summed E-state index contributed by atoms with van der Waals surface area (Å²) in [5.41, 5.74) is 2.66. The second-order valence-corrected chi connectivity index (χ2v) is 8.63. The molecule has 158 valence electrons. The molecule has 2 saturated heterocycles. The first-order chi connectivity index (χ1) is 14.6. The van der Waals surface area contributed by atoms with Gasteiger partial charge in [-0.25, -0.2) is 4.79 Å². The van der Waals surface area contributed by atoms with Gasteiger partial charge in [0.2, 0.25) is 0 Å². The predicted molar refractivity (Wildman–Crippen MR) is 118 cm³/mol. The number of urea groups is 1. The molecule has 7 heteroatoms. The summed E-state index contributed by atoms with van der Waals surface area (Å²) in [6, 6.07) is 15.4. The fourth-order valence-corrected chi connectivity index (χ4v) is 4.37. The lowest BCUT2D eigenvalue weighted by Gasteiger charge is -2.33. The summed E-state index contributed by atoms with van der Waals surface area (Å²) in [6.07, 6.45) is 2.01. The van der Waals surface area contributed by atoms with E-state index in [1.807, 2.05) is 53.4 Å². The number of ether oxygens (including phenoxy) is 1. The van der Waals surface area contributed by atoms with E-state index in [1.165, 1.54) is 0 Å². The Hall–Kier alpha value is -2.38. The predicted octanol–water partition coefficient (Wildman–Crippen LogP) is 3.97. The van der Waals surface area contributed by atoms with Crippen LogP contribution in [0.4, 0.5) is 4.79 Å². The average Bonchev–Trinajstić information content (AvgIpc) is 3.32. The molecule has 0 aromatic heterocycles. The summed E-state index contributed by atoms with van der Waals surface area (Å²) < 4.78 is 6.86. The highest BCUT2D eigenvalue weighted by Crippen LogP contribution is 2.25. The number of halogens is 1. The number of benzene rings is 2. The topological polar surface area (TPSA) is 61.9 Å². The van der Waals surface area contributed by atoms with Crippen LogP contribution in [0.2, 0.25) is 0 Å². The zero-order valence-electron chi connectivity index (χ0n) is 16.9. The number of amides is 3. The molecule has 1 N–H and O–H groups in total. The third kappa shape index (κ3) is 5.02. The number of nitrogens with zero attached hydrogens (tertiary/aromatic N) is 2. The van der Waals surface area contributed by atoms with Gasteiger partial charge in [0.1, 0.15) is 6.10 Å². The van der Waals surface area contributed by atoms with Crippen molar-refractivity contribution in [1.29, 1.82) is 0 Å². The van der Waals surface area contributed by atoms with E-state index >= 15 is 0 Å². The van der Waals surface area contributed by atoms with E-state index in [4.69, 9.17) is 4.74 Å². The van der Waals surface area contributed by atoms with Crippen molar-refractivity contribution in [2.75, 3.05) is 32.8 Å². The lowest BCUT2D eigenvalue weighted by Crippen LogP contribution is -2.46. The van der Waals surface area contributed by atoms with Crippen LogP contribution in [0.25, 0.3) is 0 Å². The summed E-state index contributed by atoms with van der Waals surface area (Å²) in [5.74, 6) is 0.0747. The maximum atomic E-state index is 12.7. The first-order valence-electron chi connectivity index (χ1n) is 10.4. The molecule has 3 amide bonds. The van der Waals surface area contributed by atoms with Crippen molar-refractivity contribution in [2.24, 2.45) is 0 Å². The monoisotopic (exact) mass is 471 g/mol. The van der Waals surface area contributed by atoms with Gasteiger partial charge in [-0.1, -0.05) is 40.2 Å². The van der Waals surface area contributed by atoms with Crippen molar-refractivity contribution in [3.63, 3.8) is 0 Å². The van der Waals surface area contributed by atoms with Crippen molar-refractivity contribution in [3.05, 3.63) is 69.7 Å². The number of hydrogen-bond acceptors (Lipinski definition) is 3. The standard InChI is InChI=1S/C23H26BrN3O3/c24-20-8-4-6-18(14-20)21-16-27(11-12-30-21)23(29)25-15-17-5-3-7-19(13-17)22(28)26-9-1-2-10-26/h3-8,13-14,21H,1-2,9-12,15-16H2,(H,25,29). The molecule has 1 unspecified atom stereocenters. The van der Waals surface area contributed by atoms with E-state index in [0.29, 0.717) is 31.8 Å². The highest BCUT2D eigenvalue weighted by atomic mass is 79.9. The summed E-state index contributed by atoms with van der Waals surface area (Å²) in [5, 5.41) is 2.99.